The number of benzene rings is 9. The minimum Gasteiger partial charge on any atom is -0.317 e. The highest BCUT2D eigenvalue weighted by Gasteiger charge is 2.43. The molecule has 11 aromatic rings. The van der Waals surface area contributed by atoms with Crippen LogP contribution in [0.3, 0.4) is 0 Å². The van der Waals surface area contributed by atoms with Crippen LogP contribution in [0.15, 0.2) is 233 Å². The third-order valence-electron chi connectivity index (χ3n) is 14.6. The summed E-state index contributed by atoms with van der Waals surface area (Å²) >= 11 is 2.00. The first-order chi connectivity index (χ1) is 33.2. The Morgan fingerprint density at radius 2 is 1.12 bits per heavy atom. The number of rotatable bonds is 6. The highest BCUT2D eigenvalue weighted by Crippen LogP contribution is 2.56. The largest absolute Gasteiger partial charge is 0.317 e. The molecule has 0 N–H and O–H groups in total. The highest BCUT2D eigenvalue weighted by molar-refractivity contribution is 8.00. The second-order valence-electron chi connectivity index (χ2n) is 18.3. The first-order valence-corrected chi connectivity index (χ1v) is 24.4. The number of fused-ring (bicyclic) bond motifs is 12. The van der Waals surface area contributed by atoms with Crippen LogP contribution >= 0.6 is 11.8 Å². The van der Waals surface area contributed by atoms with Crippen LogP contribution in [0.2, 0.25) is 0 Å². The molecule has 4 nitrogen and oxygen atoms in total. The Morgan fingerprint density at radius 3 is 1.87 bits per heavy atom. The van der Waals surface area contributed by atoms with Crippen LogP contribution in [0.25, 0.3) is 82.0 Å². The fourth-order valence-corrected chi connectivity index (χ4v) is 13.2. The lowest BCUT2D eigenvalue weighted by molar-refractivity contribution is 0.426. The number of thioether (sulfide) groups is 1. The number of aromatic nitrogens is 2. The predicted octanol–water partition coefficient (Wildman–Crippen LogP) is 16.0. The number of allylic oxidation sites excluding steroid dienone is 2. The number of hydrogen-bond donors (Lipinski definition) is 0. The lowest BCUT2D eigenvalue weighted by Crippen LogP contribution is -2.33. The summed E-state index contributed by atoms with van der Waals surface area (Å²) in [5.41, 5.74) is 13.0. The van der Waals surface area contributed by atoms with Gasteiger partial charge >= 0.3 is 0 Å². The van der Waals surface area contributed by atoms with Gasteiger partial charge in [-0.05, 0) is 98.8 Å². The van der Waals surface area contributed by atoms with E-state index < -0.39 is 0 Å². The van der Waals surface area contributed by atoms with Gasteiger partial charge in [0.15, 0.2) is 5.84 Å². The van der Waals surface area contributed by atoms with Crippen molar-refractivity contribution in [2.45, 2.75) is 35.6 Å². The lowest BCUT2D eigenvalue weighted by atomic mass is 9.81. The third-order valence-corrected chi connectivity index (χ3v) is 16.0. The Kier molecular flexibility index (Phi) is 8.72. The van der Waals surface area contributed by atoms with Gasteiger partial charge in [-0.3, -0.25) is 0 Å². The molecule has 0 radical (unpaired) electrons. The van der Waals surface area contributed by atoms with Crippen molar-refractivity contribution in [2.24, 2.45) is 15.9 Å². The molecule has 3 aliphatic rings. The maximum absolute atomic E-state index is 6.01. The molecule has 0 spiro atoms. The van der Waals surface area contributed by atoms with Gasteiger partial charge in [-0.1, -0.05) is 171 Å². The summed E-state index contributed by atoms with van der Waals surface area (Å²) in [5.74, 6) is 0.854. The van der Waals surface area contributed by atoms with Gasteiger partial charge in [0.2, 0.25) is 0 Å². The molecule has 0 saturated carbocycles. The van der Waals surface area contributed by atoms with Gasteiger partial charge in [-0.15, -0.1) is 11.8 Å². The summed E-state index contributed by atoms with van der Waals surface area (Å²) in [6, 6.07) is 73.4. The molecule has 67 heavy (non-hydrogen) atoms. The minimum atomic E-state index is -0.254. The molecule has 0 bridgehead atoms. The molecule has 5 heteroatoms. The van der Waals surface area contributed by atoms with Crippen LogP contribution < -0.4 is 0 Å². The molecule has 318 valence electrons. The van der Waals surface area contributed by atoms with E-state index in [4.69, 9.17) is 9.98 Å². The summed E-state index contributed by atoms with van der Waals surface area (Å²) in [6.07, 6.45) is 5.59. The van der Waals surface area contributed by atoms with Crippen LogP contribution in [-0.2, 0) is 0 Å². The van der Waals surface area contributed by atoms with E-state index in [0.29, 0.717) is 0 Å². The zero-order valence-electron chi connectivity index (χ0n) is 36.9. The van der Waals surface area contributed by atoms with Crippen molar-refractivity contribution in [3.8, 4) is 11.1 Å². The van der Waals surface area contributed by atoms with Crippen molar-refractivity contribution >= 4 is 94.2 Å². The average molecular weight is 877 g/mol. The molecule has 4 heterocycles. The average Bonchev–Trinajstić information content (AvgIpc) is 4.05. The molecule has 2 aromatic heterocycles. The maximum atomic E-state index is 6.01. The number of aliphatic imine (C=N–C) groups is 2. The molecule has 4 unspecified atom stereocenters. The van der Waals surface area contributed by atoms with E-state index in [1.54, 1.807) is 0 Å². The van der Waals surface area contributed by atoms with Gasteiger partial charge in [-0.2, -0.15) is 0 Å². The van der Waals surface area contributed by atoms with Crippen molar-refractivity contribution in [3.63, 3.8) is 0 Å². The van der Waals surface area contributed by atoms with Crippen LogP contribution in [0, 0.1) is 5.92 Å². The molecule has 9 aromatic carbocycles. The van der Waals surface area contributed by atoms with Crippen LogP contribution in [0.1, 0.15) is 36.6 Å². The van der Waals surface area contributed by atoms with E-state index in [0.717, 1.165) is 34.8 Å². The third kappa shape index (κ3) is 5.94. The van der Waals surface area contributed by atoms with Gasteiger partial charge in [0, 0.05) is 54.8 Å². The van der Waals surface area contributed by atoms with Gasteiger partial charge in [0.05, 0.1) is 27.8 Å². The molecule has 0 fully saturated rings. The van der Waals surface area contributed by atoms with Crippen LogP contribution in [0.5, 0.6) is 0 Å². The van der Waals surface area contributed by atoms with Gasteiger partial charge in [-0.25, -0.2) is 9.98 Å². The van der Waals surface area contributed by atoms with Gasteiger partial charge in [0.25, 0.3) is 0 Å². The molecule has 0 amide bonds. The number of nitrogens with zero attached hydrogens (tertiary/aromatic N) is 4. The zero-order chi connectivity index (χ0) is 44.2. The molecule has 2 aliphatic heterocycles. The lowest BCUT2D eigenvalue weighted by Gasteiger charge is -2.34. The molecular weight excluding hydrogens is 833 g/mol. The van der Waals surface area contributed by atoms with Gasteiger partial charge < -0.3 is 9.13 Å². The highest BCUT2D eigenvalue weighted by atomic mass is 32.2. The van der Waals surface area contributed by atoms with E-state index in [9.17, 15) is 0 Å². The van der Waals surface area contributed by atoms with E-state index in [1.165, 1.54) is 86.7 Å². The Labute approximate surface area is 392 Å². The number of para-hydroxylation sites is 3. The Balaban J connectivity index is 1.05. The topological polar surface area (TPSA) is 34.6 Å². The Morgan fingerprint density at radius 1 is 0.507 bits per heavy atom. The predicted molar refractivity (Wildman–Crippen MR) is 284 cm³/mol. The summed E-state index contributed by atoms with van der Waals surface area (Å²) < 4.78 is 5.03. The van der Waals surface area contributed by atoms with E-state index >= 15 is 0 Å². The van der Waals surface area contributed by atoms with Crippen molar-refractivity contribution < 1.29 is 0 Å². The zero-order valence-corrected chi connectivity index (χ0v) is 37.7. The fourth-order valence-electron chi connectivity index (χ4n) is 11.6. The number of hydrogen-bond acceptors (Lipinski definition) is 3. The normalized spacial score (nSPS) is 19.2. The first-order valence-electron chi connectivity index (χ1n) is 23.5. The summed E-state index contributed by atoms with van der Waals surface area (Å²) in [7, 11) is 0. The SMILES string of the molecule is CCC1C(c2cccc(-c3ccccc3)c2)=NC(C2=CC(n3c4ccccc4c4cc5ccccc5cc43)=CC3Sc4c(ccc5ccccc45)C23)=NC1n1c2ccccc2c2ccccc21. The second-order valence-corrected chi connectivity index (χ2v) is 19.4. The van der Waals surface area contributed by atoms with Crippen molar-refractivity contribution in [1.29, 1.82) is 0 Å². The Hall–Kier alpha value is -7.73. The molecular formula is C62H44N4S. The van der Waals surface area contributed by atoms with Crippen LogP contribution in [-0.4, -0.2) is 25.9 Å². The molecule has 14 rings (SSSR count). The van der Waals surface area contributed by atoms with E-state index in [-0.39, 0.29) is 23.3 Å². The second kappa shape index (κ2) is 15.2. The molecule has 1 aliphatic carbocycles. The number of amidine groups is 1. The summed E-state index contributed by atoms with van der Waals surface area (Å²) in [5, 5.41) is 10.2. The van der Waals surface area contributed by atoms with Crippen molar-refractivity contribution in [2.75, 3.05) is 0 Å². The fraction of sp³-hybridized carbons (Fsp3) is 0.0968. The van der Waals surface area contributed by atoms with Crippen LogP contribution in [0.4, 0.5) is 0 Å². The first kappa shape index (κ1) is 38.5. The summed E-state index contributed by atoms with van der Waals surface area (Å²) in [4.78, 5) is 13.3. The van der Waals surface area contributed by atoms with Gasteiger partial charge in [0.1, 0.15) is 6.17 Å². The maximum Gasteiger partial charge on any atom is 0.153 e. The monoisotopic (exact) mass is 876 g/mol. The minimum absolute atomic E-state index is 0.00351. The van der Waals surface area contributed by atoms with E-state index in [1.807, 2.05) is 11.8 Å². The Bertz CT molecular complexity index is 3920. The van der Waals surface area contributed by atoms with E-state index in [2.05, 4.69) is 228 Å². The molecule has 0 saturated heterocycles. The standard InChI is InChI=1S/C62H44N4S/c1-2-45-59(43-23-16-22-40(33-43)38-17-4-3-5-18-38)63-61(64-62(45)66-54-29-14-10-25-47(54)48-26-11-15-30-55(48)66)52-36-44(37-57-58(52)50-32-31-39-19-8-9-24-46(39)60(50)67-57)65-53-28-13-12-27-49(53)51-34-41-20-6-7-21-42(41)35-56(51)65/h3-37,45,57-58,62H,2H2,1H3. The summed E-state index contributed by atoms with van der Waals surface area (Å²) in [6.45, 7) is 2.31. The quantitative estimate of drug-likeness (QED) is 0.164. The molecule has 4 atom stereocenters. The van der Waals surface area contributed by atoms with Crippen molar-refractivity contribution in [1.82, 2.24) is 9.13 Å². The smallest absolute Gasteiger partial charge is 0.153 e. The van der Waals surface area contributed by atoms with Crippen molar-refractivity contribution in [3.05, 3.63) is 229 Å².